The predicted molar refractivity (Wildman–Crippen MR) is 81.8 cm³/mol. The molecular formula is C17H27NO2. The molecule has 3 heteroatoms. The molecule has 3 nitrogen and oxygen atoms in total. The van der Waals surface area contributed by atoms with Crippen LogP contribution in [0.3, 0.4) is 0 Å². The number of aliphatic hydroxyl groups is 1. The molecule has 1 aromatic carbocycles. The Hall–Kier alpha value is -0.900. The van der Waals surface area contributed by atoms with Crippen LogP contribution >= 0.6 is 0 Å². The molecule has 3 atom stereocenters. The summed E-state index contributed by atoms with van der Waals surface area (Å²) in [6.07, 6.45) is 2.94. The molecule has 0 spiro atoms. The Morgan fingerprint density at radius 3 is 2.65 bits per heavy atom. The molecule has 20 heavy (non-hydrogen) atoms. The number of rotatable bonds is 6. The standard InChI is InChI=1S/C17H27NO2/c1-4-5-15-6-8-16(9-7-15)13(2)18-12-17(19)10-11-20-14(17)3/h6-9,13-14,18-19H,4-5,10-12H2,1-3H3. The maximum absolute atomic E-state index is 10.5. The molecule has 1 fully saturated rings. The van der Waals surface area contributed by atoms with E-state index in [2.05, 4.69) is 43.4 Å². The zero-order valence-electron chi connectivity index (χ0n) is 12.9. The number of hydrogen-bond acceptors (Lipinski definition) is 3. The van der Waals surface area contributed by atoms with Crippen molar-refractivity contribution in [3.8, 4) is 0 Å². The number of nitrogens with one attached hydrogen (secondary N) is 1. The predicted octanol–water partition coefficient (Wildman–Crippen LogP) is 2.83. The second-order valence-corrected chi connectivity index (χ2v) is 5.96. The first-order valence-corrected chi connectivity index (χ1v) is 7.71. The monoisotopic (exact) mass is 277 g/mol. The number of hydrogen-bond donors (Lipinski definition) is 2. The third kappa shape index (κ3) is 3.60. The van der Waals surface area contributed by atoms with E-state index in [1.54, 1.807) is 0 Å². The van der Waals surface area contributed by atoms with Crippen LogP contribution in [0.25, 0.3) is 0 Å². The lowest BCUT2D eigenvalue weighted by Crippen LogP contribution is -2.46. The molecule has 2 N–H and O–H groups in total. The lowest BCUT2D eigenvalue weighted by atomic mass is 9.95. The smallest absolute Gasteiger partial charge is 0.105 e. The summed E-state index contributed by atoms with van der Waals surface area (Å²) in [6.45, 7) is 7.51. The van der Waals surface area contributed by atoms with Crippen molar-refractivity contribution in [2.24, 2.45) is 0 Å². The van der Waals surface area contributed by atoms with Gasteiger partial charge >= 0.3 is 0 Å². The number of benzene rings is 1. The largest absolute Gasteiger partial charge is 0.386 e. The normalized spacial score (nSPS) is 27.7. The Bertz CT molecular complexity index is 418. The molecule has 0 amide bonds. The zero-order valence-corrected chi connectivity index (χ0v) is 12.9. The average molecular weight is 277 g/mol. The van der Waals surface area contributed by atoms with Crippen LogP contribution in [0.5, 0.6) is 0 Å². The maximum atomic E-state index is 10.5. The molecule has 1 saturated heterocycles. The van der Waals surface area contributed by atoms with E-state index in [1.807, 2.05) is 6.92 Å². The van der Waals surface area contributed by atoms with Gasteiger partial charge < -0.3 is 15.2 Å². The van der Waals surface area contributed by atoms with Gasteiger partial charge in [-0.2, -0.15) is 0 Å². The molecule has 0 saturated carbocycles. The van der Waals surface area contributed by atoms with Gasteiger partial charge in [0.05, 0.1) is 6.10 Å². The second-order valence-electron chi connectivity index (χ2n) is 5.96. The Morgan fingerprint density at radius 2 is 2.10 bits per heavy atom. The van der Waals surface area contributed by atoms with Gasteiger partial charge in [0, 0.05) is 25.6 Å². The van der Waals surface area contributed by atoms with Crippen LogP contribution in [0.4, 0.5) is 0 Å². The van der Waals surface area contributed by atoms with Crippen molar-refractivity contribution in [1.29, 1.82) is 0 Å². The van der Waals surface area contributed by atoms with Crippen LogP contribution in [0.15, 0.2) is 24.3 Å². The van der Waals surface area contributed by atoms with Crippen LogP contribution in [-0.4, -0.2) is 30.0 Å². The van der Waals surface area contributed by atoms with E-state index in [1.165, 1.54) is 17.5 Å². The Balaban J connectivity index is 1.89. The fraction of sp³-hybridized carbons (Fsp3) is 0.647. The summed E-state index contributed by atoms with van der Waals surface area (Å²) in [7, 11) is 0. The highest BCUT2D eigenvalue weighted by Gasteiger charge is 2.39. The van der Waals surface area contributed by atoms with Crippen LogP contribution < -0.4 is 5.32 Å². The van der Waals surface area contributed by atoms with E-state index < -0.39 is 5.60 Å². The first-order valence-electron chi connectivity index (χ1n) is 7.71. The van der Waals surface area contributed by atoms with Gasteiger partial charge in [-0.05, 0) is 31.4 Å². The minimum Gasteiger partial charge on any atom is -0.386 e. The fourth-order valence-electron chi connectivity index (χ4n) is 2.71. The van der Waals surface area contributed by atoms with Crippen LogP contribution in [0, 0.1) is 0 Å². The van der Waals surface area contributed by atoms with E-state index >= 15 is 0 Å². The van der Waals surface area contributed by atoms with Crippen molar-refractivity contribution >= 4 is 0 Å². The molecule has 0 bridgehead atoms. The van der Waals surface area contributed by atoms with Crippen LogP contribution in [0.2, 0.25) is 0 Å². The highest BCUT2D eigenvalue weighted by molar-refractivity contribution is 5.24. The van der Waals surface area contributed by atoms with Crippen molar-refractivity contribution in [2.45, 2.75) is 57.8 Å². The number of ether oxygens (including phenoxy) is 1. The summed E-state index contributed by atoms with van der Waals surface area (Å²) in [6, 6.07) is 9.00. The van der Waals surface area contributed by atoms with E-state index in [0.29, 0.717) is 19.6 Å². The van der Waals surface area contributed by atoms with Crippen molar-refractivity contribution in [3.63, 3.8) is 0 Å². The molecule has 112 valence electrons. The Labute approximate surface area is 122 Å². The first-order chi connectivity index (χ1) is 9.55. The molecule has 0 aliphatic carbocycles. The molecule has 1 aromatic rings. The first kappa shape index (κ1) is 15.5. The molecule has 0 aromatic heterocycles. The third-order valence-electron chi connectivity index (χ3n) is 4.39. The van der Waals surface area contributed by atoms with E-state index in [-0.39, 0.29) is 12.1 Å². The minimum absolute atomic E-state index is 0.0888. The topological polar surface area (TPSA) is 41.5 Å². The van der Waals surface area contributed by atoms with E-state index in [9.17, 15) is 5.11 Å². The average Bonchev–Trinajstić information content (AvgIpc) is 2.78. The molecule has 1 heterocycles. The Kier molecular flexibility index (Phi) is 5.19. The zero-order chi connectivity index (χ0) is 14.6. The molecule has 1 aliphatic rings. The SMILES string of the molecule is CCCc1ccc(C(C)NCC2(O)CCOC2C)cc1. The summed E-state index contributed by atoms with van der Waals surface area (Å²) in [5.74, 6) is 0. The maximum Gasteiger partial charge on any atom is 0.105 e. The highest BCUT2D eigenvalue weighted by atomic mass is 16.5. The van der Waals surface area contributed by atoms with E-state index in [0.717, 1.165) is 6.42 Å². The van der Waals surface area contributed by atoms with Crippen molar-refractivity contribution in [1.82, 2.24) is 5.32 Å². The van der Waals surface area contributed by atoms with Gasteiger partial charge in [0.2, 0.25) is 0 Å². The summed E-state index contributed by atoms with van der Waals surface area (Å²) < 4.78 is 5.46. The molecule has 3 unspecified atom stereocenters. The van der Waals surface area contributed by atoms with Gasteiger partial charge in [-0.3, -0.25) is 0 Å². The van der Waals surface area contributed by atoms with Crippen molar-refractivity contribution < 1.29 is 9.84 Å². The fourth-order valence-corrected chi connectivity index (χ4v) is 2.71. The quantitative estimate of drug-likeness (QED) is 0.840. The minimum atomic E-state index is -0.726. The molecule has 0 radical (unpaired) electrons. The summed E-state index contributed by atoms with van der Waals surface area (Å²) in [5, 5.41) is 13.9. The van der Waals surface area contributed by atoms with Crippen molar-refractivity contribution in [3.05, 3.63) is 35.4 Å². The van der Waals surface area contributed by atoms with Gasteiger partial charge in [0.25, 0.3) is 0 Å². The van der Waals surface area contributed by atoms with Gasteiger partial charge in [0.15, 0.2) is 0 Å². The number of aryl methyl sites for hydroxylation is 1. The summed E-state index contributed by atoms with van der Waals surface area (Å²) >= 11 is 0. The molecule has 2 rings (SSSR count). The van der Waals surface area contributed by atoms with Crippen LogP contribution in [-0.2, 0) is 11.2 Å². The lowest BCUT2D eigenvalue weighted by molar-refractivity contribution is -0.0274. The lowest BCUT2D eigenvalue weighted by Gasteiger charge is -2.28. The second kappa shape index (κ2) is 6.70. The van der Waals surface area contributed by atoms with Gasteiger partial charge in [-0.15, -0.1) is 0 Å². The summed E-state index contributed by atoms with van der Waals surface area (Å²) in [5.41, 5.74) is 1.93. The third-order valence-corrected chi connectivity index (χ3v) is 4.39. The van der Waals surface area contributed by atoms with Crippen LogP contribution in [0.1, 0.15) is 50.8 Å². The van der Waals surface area contributed by atoms with Gasteiger partial charge in [-0.25, -0.2) is 0 Å². The van der Waals surface area contributed by atoms with Crippen molar-refractivity contribution in [2.75, 3.05) is 13.2 Å². The van der Waals surface area contributed by atoms with Gasteiger partial charge in [0.1, 0.15) is 5.60 Å². The Morgan fingerprint density at radius 1 is 1.40 bits per heavy atom. The van der Waals surface area contributed by atoms with Gasteiger partial charge in [-0.1, -0.05) is 37.6 Å². The molecule has 1 aliphatic heterocycles. The highest BCUT2D eigenvalue weighted by Crippen LogP contribution is 2.26. The summed E-state index contributed by atoms with van der Waals surface area (Å²) in [4.78, 5) is 0. The molecular weight excluding hydrogens is 250 g/mol. The van der Waals surface area contributed by atoms with E-state index in [4.69, 9.17) is 4.74 Å².